The van der Waals surface area contributed by atoms with Crippen LogP contribution in [0.5, 0.6) is 0 Å². The summed E-state index contributed by atoms with van der Waals surface area (Å²) in [5, 5.41) is 41.9. The molecule has 0 fully saturated rings. The van der Waals surface area contributed by atoms with E-state index in [4.69, 9.17) is 0 Å². The highest BCUT2D eigenvalue weighted by atomic mass is 32.2. The molecule has 1 heterocycles. The molecule has 0 saturated carbocycles. The monoisotopic (exact) mass is 684 g/mol. The number of carbonyl (C=O) groups is 4. The van der Waals surface area contributed by atoms with E-state index in [9.17, 15) is 39.5 Å². The SMILES string of the molecule is Cc1ccc(NC(=C[N+](=O)[O-])Nc2ccc3c(c2)CCN(C)C3C(=O)NC(CCSCC(NC(=O)CC(C)(C)C)C(=O)O)C(=O)O)cc1. The van der Waals surface area contributed by atoms with E-state index in [0.29, 0.717) is 29.9 Å². The van der Waals surface area contributed by atoms with Crippen molar-refractivity contribution in [3.63, 3.8) is 0 Å². The van der Waals surface area contributed by atoms with E-state index in [2.05, 4.69) is 21.3 Å². The lowest BCUT2D eigenvalue weighted by Gasteiger charge is -2.34. The number of anilines is 2. The molecular formula is C33H44N6O8S. The average molecular weight is 685 g/mol. The molecule has 14 nitrogen and oxygen atoms in total. The Morgan fingerprint density at radius 1 is 1.02 bits per heavy atom. The molecule has 6 N–H and O–H groups in total. The number of carboxylic acid groups (broad SMARTS) is 2. The number of rotatable bonds is 16. The molecule has 3 unspecified atom stereocenters. The number of hydrogen-bond acceptors (Lipinski definition) is 10. The number of nitrogens with zero attached hydrogens (tertiary/aromatic N) is 2. The number of thioether (sulfide) groups is 1. The van der Waals surface area contributed by atoms with Crippen LogP contribution in [-0.4, -0.2) is 81.0 Å². The van der Waals surface area contributed by atoms with Gasteiger partial charge >= 0.3 is 11.9 Å². The summed E-state index contributed by atoms with van der Waals surface area (Å²) in [7, 11) is 1.77. The van der Waals surface area contributed by atoms with E-state index in [0.717, 1.165) is 17.3 Å². The first kappa shape index (κ1) is 37.8. The second kappa shape index (κ2) is 17.0. The van der Waals surface area contributed by atoms with E-state index in [-0.39, 0.29) is 41.5 Å². The van der Waals surface area contributed by atoms with Crippen molar-refractivity contribution < 1.29 is 34.3 Å². The predicted molar refractivity (Wildman–Crippen MR) is 184 cm³/mol. The van der Waals surface area contributed by atoms with Gasteiger partial charge in [0.1, 0.15) is 18.1 Å². The largest absolute Gasteiger partial charge is 0.480 e. The highest BCUT2D eigenvalue weighted by Gasteiger charge is 2.33. The highest BCUT2D eigenvalue weighted by Crippen LogP contribution is 2.31. The second-order valence-electron chi connectivity index (χ2n) is 12.9. The van der Waals surface area contributed by atoms with Crippen LogP contribution in [0, 0.1) is 22.5 Å². The van der Waals surface area contributed by atoms with Gasteiger partial charge in [-0.25, -0.2) is 9.59 Å². The fourth-order valence-corrected chi connectivity index (χ4v) is 6.16. The van der Waals surface area contributed by atoms with Crippen molar-refractivity contribution in [2.75, 3.05) is 35.7 Å². The third-order valence-electron chi connectivity index (χ3n) is 7.48. The molecule has 15 heteroatoms. The van der Waals surface area contributed by atoms with E-state index in [1.54, 1.807) is 31.3 Å². The zero-order valence-electron chi connectivity index (χ0n) is 27.7. The Morgan fingerprint density at radius 2 is 1.65 bits per heavy atom. The fraction of sp³-hybridized carbons (Fsp3) is 0.455. The van der Waals surface area contributed by atoms with Crippen molar-refractivity contribution >= 4 is 46.9 Å². The van der Waals surface area contributed by atoms with Gasteiger partial charge in [-0.1, -0.05) is 44.5 Å². The maximum Gasteiger partial charge on any atom is 0.327 e. The van der Waals surface area contributed by atoms with Crippen LogP contribution < -0.4 is 21.3 Å². The van der Waals surface area contributed by atoms with Crippen LogP contribution in [-0.2, 0) is 25.6 Å². The summed E-state index contributed by atoms with van der Waals surface area (Å²) in [5.74, 6) is -2.85. The molecule has 2 amide bonds. The minimum Gasteiger partial charge on any atom is -0.480 e. The molecule has 0 radical (unpaired) electrons. The van der Waals surface area contributed by atoms with Crippen LogP contribution in [0.1, 0.15) is 56.3 Å². The summed E-state index contributed by atoms with van der Waals surface area (Å²) < 4.78 is 0. The maximum atomic E-state index is 13.5. The summed E-state index contributed by atoms with van der Waals surface area (Å²) in [6.07, 6.45) is 1.63. The van der Waals surface area contributed by atoms with Gasteiger partial charge in [0, 0.05) is 30.1 Å². The Hall–Kier alpha value is -4.63. The second-order valence-corrected chi connectivity index (χ2v) is 14.1. The van der Waals surface area contributed by atoms with Gasteiger partial charge in [0.25, 0.3) is 6.20 Å². The van der Waals surface area contributed by atoms with Crippen molar-refractivity contribution in [3.8, 4) is 0 Å². The van der Waals surface area contributed by atoms with Crippen molar-refractivity contribution in [3.05, 3.63) is 81.3 Å². The molecule has 0 aliphatic carbocycles. The molecule has 0 aromatic heterocycles. The van der Waals surface area contributed by atoms with Gasteiger partial charge in [-0.3, -0.25) is 24.6 Å². The molecule has 2 aromatic rings. The predicted octanol–water partition coefficient (Wildman–Crippen LogP) is 3.82. The van der Waals surface area contributed by atoms with Crippen molar-refractivity contribution in [1.29, 1.82) is 0 Å². The first-order valence-corrected chi connectivity index (χ1v) is 16.6. The number of nitrogens with one attached hydrogen (secondary N) is 4. The molecule has 3 atom stereocenters. The lowest BCUT2D eigenvalue weighted by molar-refractivity contribution is -0.403. The lowest BCUT2D eigenvalue weighted by Crippen LogP contribution is -2.48. The molecule has 0 bridgehead atoms. The minimum absolute atomic E-state index is 0.0414. The van der Waals surface area contributed by atoms with Crippen molar-refractivity contribution in [2.45, 2.75) is 65.1 Å². The van der Waals surface area contributed by atoms with Gasteiger partial charge in [0.2, 0.25) is 11.8 Å². The van der Waals surface area contributed by atoms with E-state index < -0.39 is 40.9 Å². The zero-order chi connectivity index (χ0) is 35.6. The Morgan fingerprint density at radius 3 is 2.25 bits per heavy atom. The fourth-order valence-electron chi connectivity index (χ4n) is 5.13. The summed E-state index contributed by atoms with van der Waals surface area (Å²) in [6, 6.07) is 9.53. The molecule has 3 rings (SSSR count). The first-order valence-electron chi connectivity index (χ1n) is 15.4. The van der Waals surface area contributed by atoms with Crippen LogP contribution in [0.25, 0.3) is 0 Å². The van der Waals surface area contributed by atoms with Gasteiger partial charge in [-0.15, -0.1) is 0 Å². The smallest absolute Gasteiger partial charge is 0.327 e. The molecule has 2 aromatic carbocycles. The average Bonchev–Trinajstić information content (AvgIpc) is 2.97. The lowest BCUT2D eigenvalue weighted by atomic mass is 9.91. The minimum atomic E-state index is -1.22. The van der Waals surface area contributed by atoms with Crippen LogP contribution >= 0.6 is 11.8 Å². The molecule has 0 saturated heterocycles. The quantitative estimate of drug-likeness (QED) is 0.0849. The van der Waals surface area contributed by atoms with Crippen LogP contribution in [0.3, 0.4) is 0 Å². The zero-order valence-corrected chi connectivity index (χ0v) is 28.6. The number of aryl methyl sites for hydroxylation is 1. The number of fused-ring (bicyclic) bond motifs is 1. The standard InChI is InChI=1S/C33H44N6O8S/c1-20-6-8-22(9-7-20)34-27(18-39(46)47)35-23-10-11-24-21(16-23)12-14-38(5)29(24)30(41)37-25(31(42)43)13-15-48-19-26(32(44)45)36-28(40)17-33(2,3)4/h6-11,16,18,25-26,29,34-35H,12-15,17,19H2,1-5H3,(H,36,40)(H,37,41)(H,42,43)(H,44,45). The van der Waals surface area contributed by atoms with E-state index >= 15 is 0 Å². The molecule has 1 aliphatic rings. The number of carbonyl (C=O) groups excluding carboxylic acids is 2. The van der Waals surface area contributed by atoms with Crippen LogP contribution in [0.4, 0.5) is 11.4 Å². The van der Waals surface area contributed by atoms with E-state index in [1.807, 2.05) is 50.8 Å². The van der Waals surface area contributed by atoms with Gasteiger partial charge in [-0.05, 0) is 73.4 Å². The van der Waals surface area contributed by atoms with Gasteiger partial charge in [0.05, 0.1) is 4.92 Å². The number of amides is 2. The summed E-state index contributed by atoms with van der Waals surface area (Å²) in [5.41, 5.74) is 3.49. The third kappa shape index (κ3) is 11.9. The topological polar surface area (TPSA) is 203 Å². The highest BCUT2D eigenvalue weighted by molar-refractivity contribution is 7.99. The summed E-state index contributed by atoms with van der Waals surface area (Å²) >= 11 is 1.18. The molecule has 48 heavy (non-hydrogen) atoms. The number of likely N-dealkylation sites (N-methyl/N-ethyl adjacent to an activating group) is 1. The normalized spacial score (nSPS) is 16.2. The number of benzene rings is 2. The van der Waals surface area contributed by atoms with Crippen molar-refractivity contribution in [2.24, 2.45) is 5.41 Å². The molecule has 0 spiro atoms. The summed E-state index contributed by atoms with van der Waals surface area (Å²) in [4.78, 5) is 62.0. The molecule has 1 aliphatic heterocycles. The Kier molecular flexibility index (Phi) is 13.4. The maximum absolute atomic E-state index is 13.5. The third-order valence-corrected chi connectivity index (χ3v) is 8.57. The number of aliphatic carboxylic acids is 2. The van der Waals surface area contributed by atoms with E-state index in [1.165, 1.54) is 11.8 Å². The van der Waals surface area contributed by atoms with Gasteiger partial charge in [-0.2, -0.15) is 11.8 Å². The number of carboxylic acids is 2. The number of hydrogen-bond donors (Lipinski definition) is 6. The van der Waals surface area contributed by atoms with Crippen LogP contribution in [0.2, 0.25) is 0 Å². The Balaban J connectivity index is 1.65. The van der Waals surface area contributed by atoms with Gasteiger partial charge < -0.3 is 31.5 Å². The van der Waals surface area contributed by atoms with Crippen molar-refractivity contribution in [1.82, 2.24) is 15.5 Å². The van der Waals surface area contributed by atoms with Crippen LogP contribution in [0.15, 0.2) is 54.5 Å². The van der Waals surface area contributed by atoms with Gasteiger partial charge in [0.15, 0.2) is 5.82 Å². The Labute approximate surface area is 283 Å². The summed E-state index contributed by atoms with van der Waals surface area (Å²) in [6.45, 7) is 8.07. The Bertz CT molecular complexity index is 1520. The first-order chi connectivity index (χ1) is 22.5. The molecular weight excluding hydrogens is 640 g/mol. The number of nitro groups is 1. The molecule has 260 valence electrons.